The maximum atomic E-state index is 4.92. The molecule has 2 heterocycles. The number of aromatic nitrogens is 2. The Bertz CT molecular complexity index is 423. The zero-order chi connectivity index (χ0) is 13.1. The van der Waals surface area contributed by atoms with Crippen molar-refractivity contribution in [3.63, 3.8) is 0 Å². The van der Waals surface area contributed by atoms with E-state index < -0.39 is 0 Å². The highest BCUT2D eigenvalue weighted by Crippen LogP contribution is 2.39. The summed E-state index contributed by atoms with van der Waals surface area (Å²) in [5.41, 5.74) is 1.28. The summed E-state index contributed by atoms with van der Waals surface area (Å²) in [5.74, 6) is 4.00. The fourth-order valence-electron chi connectivity index (χ4n) is 3.13. The number of nitrogens with one attached hydrogen (secondary N) is 1. The van der Waals surface area contributed by atoms with Crippen LogP contribution in [0.3, 0.4) is 0 Å². The van der Waals surface area contributed by atoms with Gasteiger partial charge in [-0.05, 0) is 31.4 Å². The Morgan fingerprint density at radius 2 is 1.89 bits per heavy atom. The van der Waals surface area contributed by atoms with E-state index in [9.17, 15) is 0 Å². The van der Waals surface area contributed by atoms with Crippen LogP contribution in [0.4, 0.5) is 5.82 Å². The summed E-state index contributed by atoms with van der Waals surface area (Å²) in [4.78, 5) is 9.62. The number of hydrogen-bond acceptors (Lipinski definition) is 4. The van der Waals surface area contributed by atoms with Gasteiger partial charge in [-0.3, -0.25) is 0 Å². The molecular formula is C15H23N3S. The normalized spacial score (nSPS) is 24.6. The summed E-state index contributed by atoms with van der Waals surface area (Å²) in [6.07, 6.45) is 9.23. The Morgan fingerprint density at radius 3 is 2.58 bits per heavy atom. The molecule has 1 aliphatic carbocycles. The van der Waals surface area contributed by atoms with E-state index in [0.29, 0.717) is 11.2 Å². The number of nitrogens with zero attached hydrogens (tertiary/aromatic N) is 2. The topological polar surface area (TPSA) is 37.8 Å². The Hall–Kier alpha value is -0.770. The van der Waals surface area contributed by atoms with E-state index in [-0.39, 0.29) is 0 Å². The largest absolute Gasteiger partial charge is 0.373 e. The molecule has 1 aromatic rings. The van der Waals surface area contributed by atoms with E-state index in [1.165, 1.54) is 56.4 Å². The predicted octanol–water partition coefficient (Wildman–Crippen LogP) is 4.13. The molecule has 1 N–H and O–H groups in total. The van der Waals surface area contributed by atoms with Crippen molar-refractivity contribution in [3.8, 4) is 0 Å². The first-order valence-electron chi connectivity index (χ1n) is 7.55. The lowest BCUT2D eigenvalue weighted by atomic mass is 10.0. The highest BCUT2D eigenvalue weighted by Gasteiger charge is 2.23. The first kappa shape index (κ1) is 13.2. The molecule has 3 nitrogen and oxygen atoms in total. The Morgan fingerprint density at radius 1 is 1.11 bits per heavy atom. The van der Waals surface area contributed by atoms with E-state index >= 15 is 0 Å². The van der Waals surface area contributed by atoms with Crippen LogP contribution < -0.4 is 5.32 Å². The van der Waals surface area contributed by atoms with E-state index in [1.807, 2.05) is 18.8 Å². The minimum atomic E-state index is 0.516. The molecule has 1 aliphatic heterocycles. The summed E-state index contributed by atoms with van der Waals surface area (Å²) in [7, 11) is 1.96. The van der Waals surface area contributed by atoms with Gasteiger partial charge in [-0.2, -0.15) is 11.8 Å². The van der Waals surface area contributed by atoms with Crippen LogP contribution in [-0.2, 0) is 0 Å². The lowest BCUT2D eigenvalue weighted by molar-refractivity contribution is 0.641. The number of rotatable bonds is 3. The monoisotopic (exact) mass is 277 g/mol. The van der Waals surface area contributed by atoms with Gasteiger partial charge in [0.05, 0.1) is 5.25 Å². The third kappa shape index (κ3) is 3.04. The fourth-order valence-corrected chi connectivity index (χ4v) is 4.38. The lowest BCUT2D eigenvalue weighted by Gasteiger charge is -2.21. The molecular weight excluding hydrogens is 254 g/mol. The molecule has 0 bridgehead atoms. The quantitative estimate of drug-likeness (QED) is 0.901. The molecule has 3 rings (SSSR count). The Balaban J connectivity index is 1.87. The molecule has 1 unspecified atom stereocenters. The molecule has 104 valence electrons. The zero-order valence-corrected chi connectivity index (χ0v) is 12.5. The van der Waals surface area contributed by atoms with Crippen molar-refractivity contribution in [1.82, 2.24) is 9.97 Å². The van der Waals surface area contributed by atoms with Gasteiger partial charge < -0.3 is 5.32 Å². The highest BCUT2D eigenvalue weighted by atomic mass is 32.2. The van der Waals surface area contributed by atoms with Gasteiger partial charge in [0.2, 0.25) is 0 Å². The molecule has 2 fully saturated rings. The molecule has 2 aliphatic rings. The minimum Gasteiger partial charge on any atom is -0.373 e. The van der Waals surface area contributed by atoms with Crippen molar-refractivity contribution in [3.05, 3.63) is 17.6 Å². The van der Waals surface area contributed by atoms with Gasteiger partial charge >= 0.3 is 0 Å². The smallest absolute Gasteiger partial charge is 0.143 e. The molecule has 0 radical (unpaired) electrons. The summed E-state index contributed by atoms with van der Waals surface area (Å²) >= 11 is 2.03. The van der Waals surface area contributed by atoms with Crippen molar-refractivity contribution in [1.29, 1.82) is 0 Å². The van der Waals surface area contributed by atoms with Gasteiger partial charge in [-0.1, -0.05) is 19.3 Å². The van der Waals surface area contributed by atoms with E-state index in [1.54, 1.807) is 0 Å². The van der Waals surface area contributed by atoms with Gasteiger partial charge in [0.25, 0.3) is 0 Å². The van der Waals surface area contributed by atoms with Gasteiger partial charge in [0, 0.05) is 24.7 Å². The van der Waals surface area contributed by atoms with Gasteiger partial charge in [0.15, 0.2) is 0 Å². The number of hydrogen-bond donors (Lipinski definition) is 1. The summed E-state index contributed by atoms with van der Waals surface area (Å²) in [6.45, 7) is 0. The molecule has 0 spiro atoms. The SMILES string of the molecule is CNc1cc(C2CCCC2)nc(C2CCCCS2)n1. The van der Waals surface area contributed by atoms with Crippen LogP contribution in [0, 0.1) is 0 Å². The van der Waals surface area contributed by atoms with Crippen molar-refractivity contribution in [2.75, 3.05) is 18.1 Å². The van der Waals surface area contributed by atoms with Crippen LogP contribution in [0.2, 0.25) is 0 Å². The third-order valence-electron chi connectivity index (χ3n) is 4.26. The number of anilines is 1. The van der Waals surface area contributed by atoms with Crippen LogP contribution in [0.5, 0.6) is 0 Å². The van der Waals surface area contributed by atoms with Crippen LogP contribution in [-0.4, -0.2) is 22.8 Å². The van der Waals surface area contributed by atoms with Crippen LogP contribution in [0.25, 0.3) is 0 Å². The summed E-state index contributed by atoms with van der Waals surface area (Å²) in [6, 6.07) is 2.16. The molecule has 4 heteroatoms. The molecule has 1 aromatic heterocycles. The first-order chi connectivity index (χ1) is 9.36. The van der Waals surface area contributed by atoms with E-state index in [0.717, 1.165) is 11.6 Å². The van der Waals surface area contributed by atoms with Crippen LogP contribution in [0.15, 0.2) is 6.07 Å². The fraction of sp³-hybridized carbons (Fsp3) is 0.733. The van der Waals surface area contributed by atoms with Crippen LogP contribution in [0.1, 0.15) is 67.6 Å². The standard InChI is InChI=1S/C15H23N3S/c1-16-14-10-12(11-6-2-3-7-11)17-15(18-14)13-8-4-5-9-19-13/h10-11,13H,2-9H2,1H3,(H,16,17,18). The lowest BCUT2D eigenvalue weighted by Crippen LogP contribution is -2.11. The molecule has 19 heavy (non-hydrogen) atoms. The average Bonchev–Trinajstić information content (AvgIpc) is 3.02. The highest BCUT2D eigenvalue weighted by molar-refractivity contribution is 7.99. The third-order valence-corrected chi connectivity index (χ3v) is 5.63. The Kier molecular flexibility index (Phi) is 4.26. The second-order valence-electron chi connectivity index (χ2n) is 5.62. The van der Waals surface area contributed by atoms with Gasteiger partial charge in [-0.15, -0.1) is 0 Å². The predicted molar refractivity (Wildman–Crippen MR) is 81.8 cm³/mol. The first-order valence-corrected chi connectivity index (χ1v) is 8.60. The molecule has 0 amide bonds. The summed E-state index contributed by atoms with van der Waals surface area (Å²) < 4.78 is 0. The second kappa shape index (κ2) is 6.12. The minimum absolute atomic E-state index is 0.516. The van der Waals surface area contributed by atoms with Crippen LogP contribution >= 0.6 is 11.8 Å². The van der Waals surface area contributed by atoms with E-state index in [4.69, 9.17) is 9.97 Å². The summed E-state index contributed by atoms with van der Waals surface area (Å²) in [5, 5.41) is 3.73. The maximum absolute atomic E-state index is 4.92. The van der Waals surface area contributed by atoms with Crippen molar-refractivity contribution >= 4 is 17.6 Å². The molecule has 1 saturated heterocycles. The Labute approximate surface area is 120 Å². The molecule has 1 atom stereocenters. The van der Waals surface area contributed by atoms with E-state index in [2.05, 4.69) is 11.4 Å². The maximum Gasteiger partial charge on any atom is 0.143 e. The van der Waals surface area contributed by atoms with Gasteiger partial charge in [-0.25, -0.2) is 9.97 Å². The molecule has 0 aromatic carbocycles. The molecule has 1 saturated carbocycles. The second-order valence-corrected chi connectivity index (χ2v) is 6.93. The zero-order valence-electron chi connectivity index (χ0n) is 11.7. The van der Waals surface area contributed by atoms with Crippen molar-refractivity contribution in [2.45, 2.75) is 56.1 Å². The van der Waals surface area contributed by atoms with Crippen molar-refractivity contribution < 1.29 is 0 Å². The number of thioether (sulfide) groups is 1. The average molecular weight is 277 g/mol. The van der Waals surface area contributed by atoms with Crippen molar-refractivity contribution in [2.24, 2.45) is 0 Å². The van der Waals surface area contributed by atoms with Gasteiger partial charge in [0.1, 0.15) is 11.6 Å².